The van der Waals surface area contributed by atoms with Crippen LogP contribution in [0.5, 0.6) is 11.5 Å². The van der Waals surface area contributed by atoms with Crippen molar-refractivity contribution in [3.63, 3.8) is 0 Å². The van der Waals surface area contributed by atoms with E-state index in [1.54, 1.807) is 25.1 Å². The Kier molecular flexibility index (Phi) is 3.70. The summed E-state index contributed by atoms with van der Waals surface area (Å²) in [6.07, 6.45) is 1.77. The van der Waals surface area contributed by atoms with Crippen LogP contribution in [0.2, 0.25) is 0 Å². The number of hydrogen-bond donors (Lipinski definition) is 1. The van der Waals surface area contributed by atoms with Crippen molar-refractivity contribution >= 4 is 5.82 Å². The minimum Gasteiger partial charge on any atom is -0.497 e. The summed E-state index contributed by atoms with van der Waals surface area (Å²) >= 11 is 0. The molecule has 112 valence electrons. The third-order valence-corrected chi connectivity index (χ3v) is 3.52. The van der Waals surface area contributed by atoms with E-state index in [4.69, 9.17) is 15.2 Å². The molecule has 3 rings (SSSR count). The van der Waals surface area contributed by atoms with Gasteiger partial charge in [0.15, 0.2) is 0 Å². The second-order valence-corrected chi connectivity index (χ2v) is 4.78. The number of nitrogens with zero attached hydrogens (tertiary/aromatic N) is 2. The van der Waals surface area contributed by atoms with Crippen LogP contribution in [0.25, 0.3) is 16.8 Å². The van der Waals surface area contributed by atoms with Crippen LogP contribution in [0.1, 0.15) is 0 Å². The van der Waals surface area contributed by atoms with E-state index in [0.29, 0.717) is 5.82 Å². The molecule has 0 unspecified atom stereocenters. The summed E-state index contributed by atoms with van der Waals surface area (Å²) in [5.74, 6) is 2.20. The summed E-state index contributed by atoms with van der Waals surface area (Å²) in [7, 11) is 3.28. The predicted molar refractivity (Wildman–Crippen MR) is 86.5 cm³/mol. The first-order valence-corrected chi connectivity index (χ1v) is 6.85. The van der Waals surface area contributed by atoms with E-state index in [2.05, 4.69) is 5.10 Å². The van der Waals surface area contributed by atoms with Gasteiger partial charge in [-0.05, 0) is 42.0 Å². The van der Waals surface area contributed by atoms with Crippen LogP contribution in [0.3, 0.4) is 0 Å². The van der Waals surface area contributed by atoms with E-state index in [9.17, 15) is 0 Å². The van der Waals surface area contributed by atoms with Gasteiger partial charge in [0.05, 0.1) is 26.1 Å². The summed E-state index contributed by atoms with van der Waals surface area (Å²) in [6, 6.07) is 15.3. The maximum atomic E-state index is 6.25. The van der Waals surface area contributed by atoms with Crippen LogP contribution in [-0.2, 0) is 0 Å². The summed E-state index contributed by atoms with van der Waals surface area (Å²) < 4.78 is 12.0. The first-order valence-electron chi connectivity index (χ1n) is 6.85. The van der Waals surface area contributed by atoms with Crippen molar-refractivity contribution in [2.45, 2.75) is 0 Å². The van der Waals surface area contributed by atoms with Gasteiger partial charge in [-0.2, -0.15) is 5.10 Å². The Hall–Kier alpha value is -2.95. The van der Waals surface area contributed by atoms with E-state index >= 15 is 0 Å². The van der Waals surface area contributed by atoms with Crippen molar-refractivity contribution in [1.29, 1.82) is 0 Å². The van der Waals surface area contributed by atoms with Crippen molar-refractivity contribution in [1.82, 2.24) is 9.78 Å². The molecule has 0 amide bonds. The molecule has 0 atom stereocenters. The van der Waals surface area contributed by atoms with Crippen LogP contribution >= 0.6 is 0 Å². The molecule has 1 heterocycles. The standard InChI is InChI=1S/C17H17N3O2/c1-21-14-7-3-12(4-8-14)16-11-19-20(17(16)18)13-5-9-15(22-2)10-6-13/h3-11H,18H2,1-2H3. The SMILES string of the molecule is COc1ccc(-c2cnn(-c3ccc(OC)cc3)c2N)cc1. The molecule has 0 fully saturated rings. The third-order valence-electron chi connectivity index (χ3n) is 3.52. The van der Waals surface area contributed by atoms with Gasteiger partial charge < -0.3 is 15.2 Å². The Balaban J connectivity index is 1.96. The van der Waals surface area contributed by atoms with E-state index < -0.39 is 0 Å². The van der Waals surface area contributed by atoms with Gasteiger partial charge in [-0.3, -0.25) is 0 Å². The quantitative estimate of drug-likeness (QED) is 0.803. The summed E-state index contributed by atoms with van der Waals surface area (Å²) in [5.41, 5.74) is 9.02. The number of methoxy groups -OCH3 is 2. The largest absolute Gasteiger partial charge is 0.497 e. The van der Waals surface area contributed by atoms with E-state index in [1.807, 2.05) is 48.5 Å². The molecule has 5 nitrogen and oxygen atoms in total. The average molecular weight is 295 g/mol. The molecule has 0 aliphatic heterocycles. The number of rotatable bonds is 4. The highest BCUT2D eigenvalue weighted by Crippen LogP contribution is 2.29. The lowest BCUT2D eigenvalue weighted by molar-refractivity contribution is 0.414. The molecular formula is C17H17N3O2. The fourth-order valence-electron chi connectivity index (χ4n) is 2.28. The molecule has 0 aliphatic rings. The second kappa shape index (κ2) is 5.81. The fraction of sp³-hybridized carbons (Fsp3) is 0.118. The zero-order valence-corrected chi connectivity index (χ0v) is 12.5. The highest BCUT2D eigenvalue weighted by molar-refractivity contribution is 5.75. The van der Waals surface area contributed by atoms with Gasteiger partial charge in [0.2, 0.25) is 0 Å². The maximum absolute atomic E-state index is 6.25. The highest BCUT2D eigenvalue weighted by Gasteiger charge is 2.11. The molecule has 0 saturated carbocycles. The second-order valence-electron chi connectivity index (χ2n) is 4.78. The van der Waals surface area contributed by atoms with E-state index in [1.165, 1.54) is 0 Å². The molecule has 1 aromatic heterocycles. The minimum absolute atomic E-state index is 0.593. The lowest BCUT2D eigenvalue weighted by Crippen LogP contribution is -2.02. The average Bonchev–Trinajstić information content (AvgIpc) is 2.96. The van der Waals surface area contributed by atoms with Gasteiger partial charge in [0.1, 0.15) is 17.3 Å². The summed E-state index contributed by atoms with van der Waals surface area (Å²) in [5, 5.41) is 4.38. The van der Waals surface area contributed by atoms with Crippen LogP contribution in [0.15, 0.2) is 54.7 Å². The fourth-order valence-corrected chi connectivity index (χ4v) is 2.28. The first-order chi connectivity index (χ1) is 10.7. The predicted octanol–water partition coefficient (Wildman–Crippen LogP) is 3.14. The summed E-state index contributed by atoms with van der Waals surface area (Å²) in [6.45, 7) is 0. The van der Waals surface area contributed by atoms with E-state index in [0.717, 1.165) is 28.3 Å². The van der Waals surface area contributed by atoms with Gasteiger partial charge >= 0.3 is 0 Å². The zero-order chi connectivity index (χ0) is 15.5. The Bertz CT molecular complexity index is 697. The van der Waals surface area contributed by atoms with Gasteiger partial charge in [-0.15, -0.1) is 0 Å². The monoisotopic (exact) mass is 295 g/mol. The molecule has 22 heavy (non-hydrogen) atoms. The number of anilines is 1. The van der Waals surface area contributed by atoms with Crippen molar-refractivity contribution in [2.24, 2.45) is 0 Å². The smallest absolute Gasteiger partial charge is 0.135 e. The van der Waals surface area contributed by atoms with Crippen LogP contribution in [-0.4, -0.2) is 24.0 Å². The molecule has 5 heteroatoms. The molecule has 0 aliphatic carbocycles. The molecule has 2 aromatic carbocycles. The Morgan fingerprint density at radius 1 is 0.864 bits per heavy atom. The van der Waals surface area contributed by atoms with Gasteiger partial charge in [0, 0.05) is 5.56 Å². The van der Waals surface area contributed by atoms with Gasteiger partial charge in [0.25, 0.3) is 0 Å². The third kappa shape index (κ3) is 2.48. The lowest BCUT2D eigenvalue weighted by atomic mass is 10.1. The summed E-state index contributed by atoms with van der Waals surface area (Å²) in [4.78, 5) is 0. The number of benzene rings is 2. The molecular weight excluding hydrogens is 278 g/mol. The van der Waals surface area contributed by atoms with Gasteiger partial charge in [-0.25, -0.2) is 4.68 Å². The number of aromatic nitrogens is 2. The normalized spacial score (nSPS) is 10.5. The number of ether oxygens (including phenoxy) is 2. The van der Waals surface area contributed by atoms with Gasteiger partial charge in [-0.1, -0.05) is 12.1 Å². The molecule has 3 aromatic rings. The van der Waals surface area contributed by atoms with Crippen LogP contribution < -0.4 is 15.2 Å². The van der Waals surface area contributed by atoms with Crippen molar-refractivity contribution < 1.29 is 9.47 Å². The lowest BCUT2D eigenvalue weighted by Gasteiger charge is -2.07. The molecule has 2 N–H and O–H groups in total. The topological polar surface area (TPSA) is 62.3 Å². The highest BCUT2D eigenvalue weighted by atomic mass is 16.5. The Labute approximate surface area is 128 Å². The van der Waals surface area contributed by atoms with Crippen LogP contribution in [0.4, 0.5) is 5.82 Å². The maximum Gasteiger partial charge on any atom is 0.135 e. The molecule has 0 saturated heterocycles. The van der Waals surface area contributed by atoms with Crippen molar-refractivity contribution in [2.75, 3.05) is 20.0 Å². The Morgan fingerprint density at radius 2 is 1.41 bits per heavy atom. The minimum atomic E-state index is 0.593. The Morgan fingerprint density at radius 3 is 1.95 bits per heavy atom. The molecule has 0 bridgehead atoms. The zero-order valence-electron chi connectivity index (χ0n) is 12.5. The number of nitrogens with two attached hydrogens (primary N) is 1. The molecule has 0 spiro atoms. The first kappa shape index (κ1) is 14.0. The van der Waals surface area contributed by atoms with Crippen molar-refractivity contribution in [3.8, 4) is 28.3 Å². The van der Waals surface area contributed by atoms with Crippen LogP contribution in [0, 0.1) is 0 Å². The van der Waals surface area contributed by atoms with Crippen molar-refractivity contribution in [3.05, 3.63) is 54.7 Å². The number of hydrogen-bond acceptors (Lipinski definition) is 4. The van der Waals surface area contributed by atoms with E-state index in [-0.39, 0.29) is 0 Å². The number of nitrogen functional groups attached to an aromatic ring is 1. The molecule has 0 radical (unpaired) electrons.